The Morgan fingerprint density at radius 1 is 0.650 bits per heavy atom. The molecular formula is C19H41N. The lowest BCUT2D eigenvalue weighted by Crippen LogP contribution is -2.40. The van der Waals surface area contributed by atoms with E-state index >= 15 is 0 Å². The van der Waals surface area contributed by atoms with Gasteiger partial charge in [0.25, 0.3) is 0 Å². The maximum atomic E-state index is 6.33. The summed E-state index contributed by atoms with van der Waals surface area (Å²) in [7, 11) is 0. The average molecular weight is 284 g/mol. The Balaban J connectivity index is 3.54. The summed E-state index contributed by atoms with van der Waals surface area (Å²) >= 11 is 0. The molecule has 0 heterocycles. The third kappa shape index (κ3) is 11.8. The maximum Gasteiger partial charge on any atom is 0.0125 e. The summed E-state index contributed by atoms with van der Waals surface area (Å²) in [6.45, 7) is 8.98. The second kappa shape index (κ2) is 12.7. The highest BCUT2D eigenvalue weighted by molar-refractivity contribution is 4.82. The van der Waals surface area contributed by atoms with Crippen LogP contribution >= 0.6 is 0 Å². The van der Waals surface area contributed by atoms with Gasteiger partial charge < -0.3 is 5.73 Å². The third-order valence-corrected chi connectivity index (χ3v) is 4.61. The van der Waals surface area contributed by atoms with E-state index in [0.29, 0.717) is 5.92 Å². The van der Waals surface area contributed by atoms with Crippen molar-refractivity contribution in [2.45, 2.75) is 117 Å². The number of hydrogen-bond donors (Lipinski definition) is 1. The van der Waals surface area contributed by atoms with E-state index in [4.69, 9.17) is 5.73 Å². The van der Waals surface area contributed by atoms with Crippen molar-refractivity contribution in [1.82, 2.24) is 0 Å². The number of rotatable bonds is 14. The monoisotopic (exact) mass is 283 g/mol. The van der Waals surface area contributed by atoms with Gasteiger partial charge in [0.2, 0.25) is 0 Å². The van der Waals surface area contributed by atoms with E-state index < -0.39 is 0 Å². The van der Waals surface area contributed by atoms with Gasteiger partial charge in [-0.3, -0.25) is 0 Å². The Hall–Kier alpha value is -0.0400. The molecule has 0 rings (SSSR count). The standard InChI is InChI=1S/C19H41N/c1-5-7-9-10-11-12-13-14-15-17-18(16-8-6-2)19(3,4)20/h18H,5-17,20H2,1-4H3. The summed E-state index contributed by atoms with van der Waals surface area (Å²) in [5, 5.41) is 0. The van der Waals surface area contributed by atoms with Crippen molar-refractivity contribution in [2.75, 3.05) is 0 Å². The van der Waals surface area contributed by atoms with Crippen LogP contribution in [-0.2, 0) is 0 Å². The van der Waals surface area contributed by atoms with Crippen LogP contribution in [-0.4, -0.2) is 5.54 Å². The predicted octanol–water partition coefficient (Wildman–Crippen LogP) is 6.45. The first kappa shape index (κ1) is 20.0. The SMILES string of the molecule is CCCCCCCCCCCC(CCCC)C(C)(C)N. The molecule has 0 saturated heterocycles. The maximum absolute atomic E-state index is 6.33. The molecule has 0 aromatic carbocycles. The van der Waals surface area contributed by atoms with Crippen LogP contribution in [0.4, 0.5) is 0 Å². The van der Waals surface area contributed by atoms with Gasteiger partial charge in [-0.05, 0) is 32.6 Å². The number of nitrogens with two attached hydrogens (primary N) is 1. The van der Waals surface area contributed by atoms with Crippen LogP contribution in [0.15, 0.2) is 0 Å². The van der Waals surface area contributed by atoms with Crippen molar-refractivity contribution in [3.63, 3.8) is 0 Å². The van der Waals surface area contributed by atoms with E-state index in [-0.39, 0.29) is 5.54 Å². The zero-order chi connectivity index (χ0) is 15.3. The van der Waals surface area contributed by atoms with Gasteiger partial charge in [-0.2, -0.15) is 0 Å². The molecule has 1 atom stereocenters. The lowest BCUT2D eigenvalue weighted by molar-refractivity contribution is 0.269. The van der Waals surface area contributed by atoms with E-state index in [0.717, 1.165) is 0 Å². The van der Waals surface area contributed by atoms with Gasteiger partial charge in [-0.15, -0.1) is 0 Å². The van der Waals surface area contributed by atoms with Crippen LogP contribution in [0.2, 0.25) is 0 Å². The van der Waals surface area contributed by atoms with Crippen LogP contribution in [0.1, 0.15) is 111 Å². The van der Waals surface area contributed by atoms with E-state index in [1.54, 1.807) is 0 Å². The van der Waals surface area contributed by atoms with Crippen LogP contribution in [0.25, 0.3) is 0 Å². The highest BCUT2D eigenvalue weighted by Gasteiger charge is 2.23. The molecule has 0 aliphatic carbocycles. The molecular weight excluding hydrogens is 242 g/mol. The highest BCUT2D eigenvalue weighted by Crippen LogP contribution is 2.26. The Morgan fingerprint density at radius 2 is 1.05 bits per heavy atom. The Kier molecular flexibility index (Phi) is 12.7. The quantitative estimate of drug-likeness (QED) is 0.364. The summed E-state index contributed by atoms with van der Waals surface area (Å²) in [4.78, 5) is 0. The Bertz CT molecular complexity index is 192. The minimum Gasteiger partial charge on any atom is -0.325 e. The second-order valence-electron chi connectivity index (χ2n) is 7.28. The fraction of sp³-hybridized carbons (Fsp3) is 1.00. The first-order chi connectivity index (χ1) is 9.52. The third-order valence-electron chi connectivity index (χ3n) is 4.61. The lowest BCUT2D eigenvalue weighted by atomic mass is 9.81. The molecule has 0 bridgehead atoms. The van der Waals surface area contributed by atoms with Crippen molar-refractivity contribution >= 4 is 0 Å². The smallest absolute Gasteiger partial charge is 0.0125 e. The van der Waals surface area contributed by atoms with Gasteiger partial charge in [0, 0.05) is 5.54 Å². The summed E-state index contributed by atoms with van der Waals surface area (Å²) in [6, 6.07) is 0. The van der Waals surface area contributed by atoms with E-state index in [9.17, 15) is 0 Å². The van der Waals surface area contributed by atoms with Crippen molar-refractivity contribution in [2.24, 2.45) is 11.7 Å². The second-order valence-corrected chi connectivity index (χ2v) is 7.28. The summed E-state index contributed by atoms with van der Waals surface area (Å²) in [5.41, 5.74) is 6.34. The topological polar surface area (TPSA) is 26.0 Å². The van der Waals surface area contributed by atoms with Crippen LogP contribution in [0.5, 0.6) is 0 Å². The van der Waals surface area contributed by atoms with Crippen LogP contribution in [0, 0.1) is 5.92 Å². The molecule has 20 heavy (non-hydrogen) atoms. The Labute approximate surface area is 129 Å². The minimum absolute atomic E-state index is 0.00925. The Morgan fingerprint density at radius 3 is 1.50 bits per heavy atom. The largest absolute Gasteiger partial charge is 0.325 e. The van der Waals surface area contributed by atoms with Gasteiger partial charge in [0.15, 0.2) is 0 Å². The zero-order valence-electron chi connectivity index (χ0n) is 14.8. The predicted molar refractivity (Wildman–Crippen MR) is 93.1 cm³/mol. The lowest BCUT2D eigenvalue weighted by Gasteiger charge is -2.30. The first-order valence-corrected chi connectivity index (χ1v) is 9.31. The summed E-state index contributed by atoms with van der Waals surface area (Å²) < 4.78 is 0. The van der Waals surface area contributed by atoms with Gasteiger partial charge in [-0.25, -0.2) is 0 Å². The average Bonchev–Trinajstić information content (AvgIpc) is 2.38. The van der Waals surface area contributed by atoms with Crippen LogP contribution in [0.3, 0.4) is 0 Å². The van der Waals surface area contributed by atoms with Gasteiger partial charge in [0.1, 0.15) is 0 Å². The number of unbranched alkanes of at least 4 members (excludes halogenated alkanes) is 9. The molecule has 0 saturated carbocycles. The molecule has 0 aliphatic heterocycles. The molecule has 0 amide bonds. The van der Waals surface area contributed by atoms with Crippen molar-refractivity contribution in [3.05, 3.63) is 0 Å². The van der Waals surface area contributed by atoms with E-state index in [2.05, 4.69) is 27.7 Å². The molecule has 0 aliphatic rings. The molecule has 0 spiro atoms. The van der Waals surface area contributed by atoms with Gasteiger partial charge >= 0.3 is 0 Å². The molecule has 0 fully saturated rings. The molecule has 0 radical (unpaired) electrons. The zero-order valence-corrected chi connectivity index (χ0v) is 14.8. The summed E-state index contributed by atoms with van der Waals surface area (Å²) in [6.07, 6.45) is 18.0. The van der Waals surface area contributed by atoms with Crippen LogP contribution < -0.4 is 5.73 Å². The molecule has 1 nitrogen and oxygen atoms in total. The van der Waals surface area contributed by atoms with Gasteiger partial charge in [0.05, 0.1) is 0 Å². The fourth-order valence-corrected chi connectivity index (χ4v) is 3.04. The molecule has 0 aromatic heterocycles. The van der Waals surface area contributed by atoms with Crippen molar-refractivity contribution in [1.29, 1.82) is 0 Å². The fourth-order valence-electron chi connectivity index (χ4n) is 3.04. The number of hydrogen-bond acceptors (Lipinski definition) is 1. The van der Waals surface area contributed by atoms with Gasteiger partial charge in [-0.1, -0.05) is 84.5 Å². The normalized spacial score (nSPS) is 13.7. The minimum atomic E-state index is 0.00925. The van der Waals surface area contributed by atoms with E-state index in [1.807, 2.05) is 0 Å². The molecule has 1 heteroatoms. The summed E-state index contributed by atoms with van der Waals surface area (Å²) in [5.74, 6) is 0.715. The highest BCUT2D eigenvalue weighted by atomic mass is 14.7. The molecule has 122 valence electrons. The first-order valence-electron chi connectivity index (χ1n) is 9.31. The van der Waals surface area contributed by atoms with E-state index in [1.165, 1.54) is 83.5 Å². The van der Waals surface area contributed by atoms with Crippen molar-refractivity contribution < 1.29 is 0 Å². The van der Waals surface area contributed by atoms with Crippen molar-refractivity contribution in [3.8, 4) is 0 Å². The molecule has 2 N–H and O–H groups in total. The molecule has 0 aromatic rings. The molecule has 1 unspecified atom stereocenters.